The van der Waals surface area contributed by atoms with Crippen molar-refractivity contribution in [2.24, 2.45) is 0 Å². The lowest BCUT2D eigenvalue weighted by Gasteiger charge is -2.15. The van der Waals surface area contributed by atoms with Gasteiger partial charge in [0, 0.05) is 36.8 Å². The van der Waals surface area contributed by atoms with E-state index in [4.69, 9.17) is 9.84 Å². The van der Waals surface area contributed by atoms with Crippen molar-refractivity contribution in [1.29, 1.82) is 0 Å². The number of para-hydroxylation sites is 1. The van der Waals surface area contributed by atoms with E-state index in [2.05, 4.69) is 0 Å². The third-order valence-electron chi connectivity index (χ3n) is 5.95. The van der Waals surface area contributed by atoms with Crippen LogP contribution in [0.15, 0.2) is 91.1 Å². The number of nitrogens with zero attached hydrogens (tertiary/aromatic N) is 3. The normalized spacial score (nSPS) is 13.3. The summed E-state index contributed by atoms with van der Waals surface area (Å²) in [6.07, 6.45) is 3.44. The summed E-state index contributed by atoms with van der Waals surface area (Å²) in [6.45, 7) is 1.48. The standard InChI is InChI=1S/C28H25N3O3/c32-26-12-7-17-30(26)18-21-13-15-23(16-14-21)28(33)34-20-24-19-31(25-10-5-2-6-11-25)29-27(24)22-8-3-1-4-9-22/h1-6,8-11,13-16,19H,7,12,17-18,20H2. The van der Waals surface area contributed by atoms with Gasteiger partial charge in [0.05, 0.1) is 16.9 Å². The Morgan fingerprint density at radius 1 is 0.912 bits per heavy atom. The van der Waals surface area contributed by atoms with Gasteiger partial charge in [-0.05, 0) is 36.2 Å². The summed E-state index contributed by atoms with van der Waals surface area (Å²) in [7, 11) is 0. The fourth-order valence-corrected chi connectivity index (χ4v) is 4.13. The first kappa shape index (κ1) is 21.6. The van der Waals surface area contributed by atoms with Crippen molar-refractivity contribution in [2.75, 3.05) is 6.54 Å². The molecule has 0 unspecified atom stereocenters. The summed E-state index contributed by atoms with van der Waals surface area (Å²) in [6, 6.07) is 27.0. The molecule has 6 heteroatoms. The number of esters is 1. The van der Waals surface area contributed by atoms with Crippen LogP contribution in [0.25, 0.3) is 16.9 Å². The van der Waals surface area contributed by atoms with Gasteiger partial charge in [-0.2, -0.15) is 5.10 Å². The zero-order valence-corrected chi connectivity index (χ0v) is 18.8. The number of benzene rings is 3. The Morgan fingerprint density at radius 2 is 1.62 bits per heavy atom. The summed E-state index contributed by atoms with van der Waals surface area (Å²) in [5.41, 5.74) is 4.99. The van der Waals surface area contributed by atoms with Gasteiger partial charge in [0.2, 0.25) is 5.91 Å². The van der Waals surface area contributed by atoms with E-state index >= 15 is 0 Å². The lowest BCUT2D eigenvalue weighted by molar-refractivity contribution is -0.128. The third kappa shape index (κ3) is 4.76. The number of hydrogen-bond acceptors (Lipinski definition) is 4. The molecule has 5 rings (SSSR count). The number of ether oxygens (including phenoxy) is 1. The van der Waals surface area contributed by atoms with Crippen molar-refractivity contribution < 1.29 is 14.3 Å². The smallest absolute Gasteiger partial charge is 0.338 e. The third-order valence-corrected chi connectivity index (χ3v) is 5.95. The maximum Gasteiger partial charge on any atom is 0.338 e. The van der Waals surface area contributed by atoms with Crippen LogP contribution < -0.4 is 0 Å². The van der Waals surface area contributed by atoms with Crippen molar-refractivity contribution in [2.45, 2.75) is 26.0 Å². The average molecular weight is 452 g/mol. The van der Waals surface area contributed by atoms with Crippen LogP contribution in [-0.2, 0) is 22.7 Å². The predicted octanol–water partition coefficient (Wildman–Crippen LogP) is 5.02. The Bertz CT molecular complexity index is 1280. The van der Waals surface area contributed by atoms with Crippen LogP contribution >= 0.6 is 0 Å². The van der Waals surface area contributed by atoms with E-state index in [1.807, 2.05) is 83.9 Å². The van der Waals surface area contributed by atoms with Crippen LogP contribution in [0, 0.1) is 0 Å². The minimum atomic E-state index is -0.393. The van der Waals surface area contributed by atoms with Crippen LogP contribution in [0.4, 0.5) is 0 Å². The van der Waals surface area contributed by atoms with Gasteiger partial charge < -0.3 is 9.64 Å². The molecule has 3 aromatic carbocycles. The van der Waals surface area contributed by atoms with Crippen molar-refractivity contribution in [3.05, 3.63) is 108 Å². The van der Waals surface area contributed by atoms with Gasteiger partial charge in [-0.3, -0.25) is 4.79 Å². The number of likely N-dealkylation sites (tertiary alicyclic amines) is 1. The summed E-state index contributed by atoms with van der Waals surface area (Å²) in [5, 5.41) is 4.76. The number of carbonyl (C=O) groups excluding carboxylic acids is 2. The Kier molecular flexibility index (Phi) is 6.21. The van der Waals surface area contributed by atoms with E-state index in [1.54, 1.807) is 16.8 Å². The molecular formula is C28H25N3O3. The molecule has 1 fully saturated rings. The highest BCUT2D eigenvalue weighted by Crippen LogP contribution is 2.25. The summed E-state index contributed by atoms with van der Waals surface area (Å²) >= 11 is 0. The molecule has 1 saturated heterocycles. The largest absolute Gasteiger partial charge is 0.457 e. The van der Waals surface area contributed by atoms with E-state index in [0.717, 1.165) is 41.0 Å². The maximum absolute atomic E-state index is 12.7. The molecule has 0 bridgehead atoms. The fourth-order valence-electron chi connectivity index (χ4n) is 4.13. The molecule has 0 aliphatic carbocycles. The quantitative estimate of drug-likeness (QED) is 0.370. The zero-order chi connectivity index (χ0) is 23.3. The first-order valence-corrected chi connectivity index (χ1v) is 11.4. The molecule has 4 aromatic rings. The van der Waals surface area contributed by atoms with Crippen LogP contribution in [0.5, 0.6) is 0 Å². The highest BCUT2D eigenvalue weighted by atomic mass is 16.5. The molecule has 170 valence electrons. The van der Waals surface area contributed by atoms with Gasteiger partial charge in [0.25, 0.3) is 0 Å². The Balaban J connectivity index is 1.30. The molecule has 2 heterocycles. The molecule has 0 radical (unpaired) electrons. The van der Waals surface area contributed by atoms with E-state index in [1.165, 1.54) is 0 Å². The van der Waals surface area contributed by atoms with Gasteiger partial charge in [-0.25, -0.2) is 9.48 Å². The topological polar surface area (TPSA) is 64.4 Å². The molecule has 1 amide bonds. The molecule has 0 saturated carbocycles. The van der Waals surface area contributed by atoms with E-state index < -0.39 is 5.97 Å². The molecule has 1 aliphatic rings. The predicted molar refractivity (Wildman–Crippen MR) is 129 cm³/mol. The van der Waals surface area contributed by atoms with Crippen molar-refractivity contribution >= 4 is 11.9 Å². The molecular weight excluding hydrogens is 426 g/mol. The zero-order valence-electron chi connectivity index (χ0n) is 18.8. The van der Waals surface area contributed by atoms with E-state index in [9.17, 15) is 9.59 Å². The van der Waals surface area contributed by atoms with Gasteiger partial charge in [0.1, 0.15) is 6.61 Å². The van der Waals surface area contributed by atoms with Crippen LogP contribution in [0.3, 0.4) is 0 Å². The minimum Gasteiger partial charge on any atom is -0.457 e. The molecule has 0 spiro atoms. The fraction of sp³-hybridized carbons (Fsp3) is 0.179. The second kappa shape index (κ2) is 9.75. The van der Waals surface area contributed by atoms with Crippen molar-refractivity contribution in [1.82, 2.24) is 14.7 Å². The van der Waals surface area contributed by atoms with E-state index in [-0.39, 0.29) is 12.5 Å². The summed E-state index contributed by atoms with van der Waals surface area (Å²) in [5.74, 6) is -0.205. The SMILES string of the molecule is O=C(OCc1cn(-c2ccccc2)nc1-c1ccccc1)c1ccc(CN2CCCC2=O)cc1. The Labute approximate surface area is 198 Å². The second-order valence-electron chi connectivity index (χ2n) is 8.34. The first-order valence-electron chi connectivity index (χ1n) is 11.4. The molecule has 0 N–H and O–H groups in total. The number of rotatable bonds is 7. The van der Waals surface area contributed by atoms with Gasteiger partial charge >= 0.3 is 5.97 Å². The number of amides is 1. The maximum atomic E-state index is 12.7. The molecule has 34 heavy (non-hydrogen) atoms. The molecule has 1 aromatic heterocycles. The molecule has 0 atom stereocenters. The second-order valence-corrected chi connectivity index (χ2v) is 8.34. The van der Waals surface area contributed by atoms with Crippen molar-refractivity contribution in [3.8, 4) is 16.9 Å². The Hall–Kier alpha value is -4.19. The number of hydrogen-bond donors (Lipinski definition) is 0. The van der Waals surface area contributed by atoms with E-state index in [0.29, 0.717) is 18.5 Å². The van der Waals surface area contributed by atoms with Gasteiger partial charge in [-0.15, -0.1) is 0 Å². The molecule has 6 nitrogen and oxygen atoms in total. The first-order chi connectivity index (χ1) is 16.7. The number of aromatic nitrogens is 2. The average Bonchev–Trinajstić information content (AvgIpc) is 3.50. The van der Waals surface area contributed by atoms with Gasteiger partial charge in [-0.1, -0.05) is 60.7 Å². The van der Waals surface area contributed by atoms with Gasteiger partial charge in [0.15, 0.2) is 0 Å². The molecule has 1 aliphatic heterocycles. The summed E-state index contributed by atoms with van der Waals surface area (Å²) < 4.78 is 7.46. The lowest BCUT2D eigenvalue weighted by atomic mass is 10.1. The van der Waals surface area contributed by atoms with Crippen LogP contribution in [0.1, 0.15) is 34.3 Å². The summed E-state index contributed by atoms with van der Waals surface area (Å²) in [4.78, 5) is 26.4. The number of carbonyl (C=O) groups is 2. The highest BCUT2D eigenvalue weighted by molar-refractivity contribution is 5.89. The lowest BCUT2D eigenvalue weighted by Crippen LogP contribution is -2.23. The highest BCUT2D eigenvalue weighted by Gasteiger charge is 2.20. The monoisotopic (exact) mass is 451 g/mol. The van der Waals surface area contributed by atoms with Crippen LogP contribution in [0.2, 0.25) is 0 Å². The minimum absolute atomic E-state index is 0.111. The Morgan fingerprint density at radius 3 is 2.29 bits per heavy atom. The van der Waals surface area contributed by atoms with Crippen LogP contribution in [-0.4, -0.2) is 33.1 Å². The van der Waals surface area contributed by atoms with Crippen molar-refractivity contribution in [3.63, 3.8) is 0 Å².